The van der Waals surface area contributed by atoms with Gasteiger partial charge < -0.3 is 14.8 Å². The molecule has 6 nitrogen and oxygen atoms in total. The van der Waals surface area contributed by atoms with Crippen molar-refractivity contribution < 1.29 is 19.1 Å². The molecule has 0 radical (unpaired) electrons. The number of carbonyl (C=O) groups excluding carboxylic acids is 2. The predicted octanol–water partition coefficient (Wildman–Crippen LogP) is 6.48. The molecule has 0 saturated carbocycles. The summed E-state index contributed by atoms with van der Waals surface area (Å²) in [6.07, 6.45) is 1.71. The van der Waals surface area contributed by atoms with Gasteiger partial charge in [0.2, 0.25) is 0 Å². The Morgan fingerprint density at radius 1 is 1.11 bits per heavy atom. The first-order chi connectivity index (χ1) is 16.9. The van der Waals surface area contributed by atoms with Crippen LogP contribution in [0.2, 0.25) is 5.02 Å². The van der Waals surface area contributed by atoms with Crippen molar-refractivity contribution in [3.63, 3.8) is 0 Å². The average Bonchev–Trinajstić information content (AvgIpc) is 3.18. The van der Waals surface area contributed by atoms with Crippen LogP contribution in [0.5, 0.6) is 11.5 Å². The fourth-order valence-corrected chi connectivity index (χ4v) is 4.70. The topological polar surface area (TPSA) is 77.0 Å². The Morgan fingerprint density at radius 3 is 2.57 bits per heavy atom. The maximum atomic E-state index is 12.5. The van der Waals surface area contributed by atoms with Crippen LogP contribution in [0.3, 0.4) is 0 Å². The molecule has 1 aliphatic rings. The zero-order chi connectivity index (χ0) is 24.8. The Hall–Kier alpha value is -3.07. The van der Waals surface area contributed by atoms with E-state index < -0.39 is 5.91 Å². The van der Waals surface area contributed by atoms with E-state index in [4.69, 9.17) is 21.1 Å². The van der Waals surface area contributed by atoms with Crippen LogP contribution in [-0.4, -0.2) is 23.6 Å². The number of amides is 2. The van der Waals surface area contributed by atoms with Gasteiger partial charge in [0, 0.05) is 10.6 Å². The Bertz CT molecular complexity index is 1310. The highest BCUT2D eigenvalue weighted by Gasteiger charge is 2.25. The van der Waals surface area contributed by atoms with Crippen LogP contribution >= 0.6 is 39.3 Å². The van der Waals surface area contributed by atoms with Crippen LogP contribution in [0.15, 0.2) is 81.1 Å². The highest BCUT2D eigenvalue weighted by Crippen LogP contribution is 2.39. The fourth-order valence-electron chi connectivity index (χ4n) is 3.19. The summed E-state index contributed by atoms with van der Waals surface area (Å²) in [5, 5.41) is 3.37. The summed E-state index contributed by atoms with van der Waals surface area (Å²) < 4.78 is 12.5. The maximum Gasteiger partial charge on any atom is 0.279 e. The largest absolute Gasteiger partial charge is 0.490 e. The summed E-state index contributed by atoms with van der Waals surface area (Å²) in [7, 11) is 0. The average molecular weight is 572 g/mol. The predicted molar refractivity (Wildman–Crippen MR) is 143 cm³/mol. The van der Waals surface area contributed by atoms with Crippen molar-refractivity contribution in [2.75, 3.05) is 6.61 Å². The van der Waals surface area contributed by atoms with Crippen LogP contribution in [0.25, 0.3) is 6.08 Å². The van der Waals surface area contributed by atoms with Crippen LogP contribution in [0, 0.1) is 0 Å². The van der Waals surface area contributed by atoms with Crippen molar-refractivity contribution in [2.45, 2.75) is 13.5 Å². The SMILES string of the molecule is CCOc1cc(/C=C2\SC(=NC(=O)c3ccc(Cl)cc3)NC2=O)cc(Br)c1OCc1ccccc1. The van der Waals surface area contributed by atoms with E-state index in [1.165, 1.54) is 0 Å². The minimum Gasteiger partial charge on any atom is -0.490 e. The second-order valence-corrected chi connectivity index (χ2v) is 9.65. The molecular weight excluding hydrogens is 552 g/mol. The zero-order valence-corrected chi connectivity index (χ0v) is 21.7. The maximum absolute atomic E-state index is 12.5. The monoisotopic (exact) mass is 570 g/mol. The van der Waals surface area contributed by atoms with Crippen molar-refractivity contribution in [1.29, 1.82) is 0 Å². The number of ether oxygens (including phenoxy) is 2. The van der Waals surface area contributed by atoms with E-state index in [2.05, 4.69) is 26.2 Å². The molecular formula is C26H20BrClN2O4S. The van der Waals surface area contributed by atoms with E-state index in [9.17, 15) is 9.59 Å². The summed E-state index contributed by atoms with van der Waals surface area (Å²) in [5.74, 6) is 0.334. The second kappa shape index (κ2) is 11.6. The minimum atomic E-state index is -0.466. The number of hydrogen-bond acceptors (Lipinski definition) is 5. The molecule has 2 amide bonds. The van der Waals surface area contributed by atoms with Gasteiger partial charge in [-0.05, 0) is 88.2 Å². The summed E-state index contributed by atoms with van der Waals surface area (Å²) in [4.78, 5) is 29.3. The van der Waals surface area contributed by atoms with Crippen molar-refractivity contribution in [2.24, 2.45) is 4.99 Å². The number of hydrogen-bond donors (Lipinski definition) is 1. The molecule has 0 aliphatic carbocycles. The molecule has 1 fully saturated rings. The van der Waals surface area contributed by atoms with E-state index >= 15 is 0 Å². The van der Waals surface area contributed by atoms with E-state index in [0.717, 1.165) is 22.9 Å². The molecule has 35 heavy (non-hydrogen) atoms. The number of carbonyl (C=O) groups is 2. The van der Waals surface area contributed by atoms with E-state index in [1.807, 2.05) is 49.4 Å². The summed E-state index contributed by atoms with van der Waals surface area (Å²) in [6.45, 7) is 2.73. The minimum absolute atomic E-state index is 0.216. The lowest BCUT2D eigenvalue weighted by Crippen LogP contribution is -2.20. The van der Waals surface area contributed by atoms with E-state index in [1.54, 1.807) is 30.3 Å². The third-order valence-corrected chi connectivity index (χ3v) is 6.55. The number of rotatable bonds is 7. The third kappa shape index (κ3) is 6.54. The number of aliphatic imine (C=N–C) groups is 1. The first-order valence-electron chi connectivity index (χ1n) is 10.7. The van der Waals surface area contributed by atoms with Crippen LogP contribution in [0.1, 0.15) is 28.4 Å². The molecule has 178 valence electrons. The van der Waals surface area contributed by atoms with Gasteiger partial charge in [0.1, 0.15) is 6.61 Å². The van der Waals surface area contributed by atoms with Gasteiger partial charge in [0.15, 0.2) is 16.7 Å². The number of thioether (sulfide) groups is 1. The molecule has 1 aliphatic heterocycles. The molecule has 0 spiro atoms. The molecule has 3 aromatic carbocycles. The normalized spacial score (nSPS) is 15.3. The standard InChI is InChI=1S/C26H20BrClN2O4S/c1-2-33-21-13-17(12-20(27)23(21)34-15-16-6-4-3-5-7-16)14-22-25(32)30-26(35-22)29-24(31)18-8-10-19(28)11-9-18/h3-14H,2,15H2,1H3,(H,29,30,31,32)/b22-14-. The van der Waals surface area contributed by atoms with Gasteiger partial charge in [0.05, 0.1) is 16.0 Å². The van der Waals surface area contributed by atoms with Crippen molar-refractivity contribution in [3.8, 4) is 11.5 Å². The summed E-state index contributed by atoms with van der Waals surface area (Å²) >= 11 is 10.5. The molecule has 3 aromatic rings. The molecule has 9 heteroatoms. The lowest BCUT2D eigenvalue weighted by molar-refractivity contribution is -0.115. The van der Waals surface area contributed by atoms with Crippen molar-refractivity contribution in [1.82, 2.24) is 5.32 Å². The smallest absolute Gasteiger partial charge is 0.279 e. The van der Waals surface area contributed by atoms with Gasteiger partial charge in [-0.15, -0.1) is 0 Å². The molecule has 4 rings (SSSR count). The Kier molecular flexibility index (Phi) is 8.28. The molecule has 1 N–H and O–H groups in total. The van der Waals surface area contributed by atoms with E-state index in [-0.39, 0.29) is 11.1 Å². The van der Waals surface area contributed by atoms with Gasteiger partial charge in [-0.2, -0.15) is 4.99 Å². The van der Waals surface area contributed by atoms with Gasteiger partial charge in [-0.25, -0.2) is 0 Å². The lowest BCUT2D eigenvalue weighted by atomic mass is 10.1. The lowest BCUT2D eigenvalue weighted by Gasteiger charge is -2.15. The molecule has 0 atom stereocenters. The second-order valence-electron chi connectivity index (χ2n) is 7.33. The molecule has 0 unspecified atom stereocenters. The van der Waals surface area contributed by atoms with Crippen LogP contribution < -0.4 is 14.8 Å². The Morgan fingerprint density at radius 2 is 1.86 bits per heavy atom. The first kappa shape index (κ1) is 25.0. The van der Waals surface area contributed by atoms with E-state index in [0.29, 0.717) is 44.7 Å². The number of halogens is 2. The summed E-state index contributed by atoms with van der Waals surface area (Å²) in [5.41, 5.74) is 2.15. The van der Waals surface area contributed by atoms with Gasteiger partial charge in [0.25, 0.3) is 11.8 Å². The zero-order valence-electron chi connectivity index (χ0n) is 18.6. The Balaban J connectivity index is 1.53. The van der Waals surface area contributed by atoms with Gasteiger partial charge >= 0.3 is 0 Å². The first-order valence-corrected chi connectivity index (χ1v) is 12.6. The molecule has 1 heterocycles. The highest BCUT2D eigenvalue weighted by atomic mass is 79.9. The summed E-state index contributed by atoms with van der Waals surface area (Å²) in [6, 6.07) is 19.9. The highest BCUT2D eigenvalue weighted by molar-refractivity contribution is 9.10. The Labute approximate surface area is 220 Å². The van der Waals surface area contributed by atoms with Crippen molar-refractivity contribution >= 4 is 62.4 Å². The third-order valence-electron chi connectivity index (χ3n) is 4.80. The number of benzene rings is 3. The van der Waals surface area contributed by atoms with Crippen LogP contribution in [0.4, 0.5) is 0 Å². The van der Waals surface area contributed by atoms with Crippen molar-refractivity contribution in [3.05, 3.63) is 97.8 Å². The quantitative estimate of drug-likeness (QED) is 0.329. The fraction of sp³-hybridized carbons (Fsp3) is 0.115. The molecule has 0 aromatic heterocycles. The molecule has 0 bridgehead atoms. The number of nitrogens with one attached hydrogen (secondary N) is 1. The van der Waals surface area contributed by atoms with Gasteiger partial charge in [-0.1, -0.05) is 41.9 Å². The van der Waals surface area contributed by atoms with Gasteiger partial charge in [-0.3, -0.25) is 9.59 Å². The number of amidine groups is 1. The molecule has 1 saturated heterocycles. The number of nitrogens with zero attached hydrogens (tertiary/aromatic N) is 1. The van der Waals surface area contributed by atoms with Crippen LogP contribution in [-0.2, 0) is 11.4 Å².